The molecule has 2 unspecified atom stereocenters. The van der Waals surface area contributed by atoms with Crippen LogP contribution in [0.4, 0.5) is 0 Å². The minimum Gasteiger partial charge on any atom is -0.394 e. The summed E-state index contributed by atoms with van der Waals surface area (Å²) in [5, 5.41) is 23.5. The Morgan fingerprint density at radius 1 is 0.315 bits per heavy atom. The molecule has 73 heavy (non-hydrogen) atoms. The van der Waals surface area contributed by atoms with Crippen LogP contribution in [0.1, 0.15) is 406 Å². The highest BCUT2D eigenvalue weighted by atomic mass is 16.3. The molecule has 4 nitrogen and oxygen atoms in total. The van der Waals surface area contributed by atoms with Gasteiger partial charge in [-0.15, -0.1) is 0 Å². The summed E-state index contributed by atoms with van der Waals surface area (Å²) in [4.78, 5) is 12.6. The lowest BCUT2D eigenvalue weighted by molar-refractivity contribution is -0.123. The third-order valence-corrected chi connectivity index (χ3v) is 16.5. The number of aliphatic hydroxyl groups excluding tert-OH is 2. The summed E-state index contributed by atoms with van der Waals surface area (Å²) in [5.74, 6) is -0.0210. The Balaban J connectivity index is 3.37. The van der Waals surface area contributed by atoms with E-state index in [0.29, 0.717) is 12.8 Å². The molecule has 436 valence electrons. The van der Waals surface area contributed by atoms with Crippen molar-refractivity contribution in [2.75, 3.05) is 6.61 Å². The smallest absolute Gasteiger partial charge is 0.220 e. The van der Waals surface area contributed by atoms with Gasteiger partial charge in [0, 0.05) is 6.42 Å². The van der Waals surface area contributed by atoms with Crippen molar-refractivity contribution in [3.05, 3.63) is 12.2 Å². The van der Waals surface area contributed by atoms with E-state index in [2.05, 4.69) is 31.3 Å². The monoisotopic (exact) mass is 1030 g/mol. The average molecular weight is 1030 g/mol. The molecule has 0 heterocycles. The Kier molecular flexibility index (Phi) is 64.6. The molecule has 2 atom stereocenters. The van der Waals surface area contributed by atoms with Crippen LogP contribution in [-0.4, -0.2) is 34.9 Å². The van der Waals surface area contributed by atoms with Gasteiger partial charge < -0.3 is 15.5 Å². The first-order valence-corrected chi connectivity index (χ1v) is 34.4. The van der Waals surface area contributed by atoms with Crippen LogP contribution in [0.25, 0.3) is 0 Å². The van der Waals surface area contributed by atoms with E-state index < -0.39 is 12.1 Å². The maximum atomic E-state index is 12.6. The van der Waals surface area contributed by atoms with Crippen molar-refractivity contribution >= 4 is 5.91 Å². The molecule has 0 aromatic heterocycles. The maximum Gasteiger partial charge on any atom is 0.220 e. The van der Waals surface area contributed by atoms with E-state index in [9.17, 15) is 15.0 Å². The minimum absolute atomic E-state index is 0.0210. The number of amides is 1. The summed E-state index contributed by atoms with van der Waals surface area (Å²) in [6.07, 6.45) is 87.0. The Morgan fingerprint density at radius 2 is 0.521 bits per heavy atom. The molecule has 0 aromatic rings. The van der Waals surface area contributed by atoms with Gasteiger partial charge in [-0.3, -0.25) is 4.79 Å². The van der Waals surface area contributed by atoms with Crippen LogP contribution in [-0.2, 0) is 4.79 Å². The number of aliphatic hydroxyl groups is 2. The fourth-order valence-corrected chi connectivity index (χ4v) is 11.3. The molecule has 0 aliphatic rings. The van der Waals surface area contributed by atoms with Gasteiger partial charge in [0.05, 0.1) is 18.8 Å². The molecule has 0 bridgehead atoms. The van der Waals surface area contributed by atoms with Gasteiger partial charge >= 0.3 is 0 Å². The maximum absolute atomic E-state index is 12.6. The number of unbranched alkanes of at least 4 members (excludes halogenated alkanes) is 56. The van der Waals surface area contributed by atoms with Gasteiger partial charge in [-0.25, -0.2) is 0 Å². The predicted octanol–water partition coefficient (Wildman–Crippen LogP) is 23.2. The van der Waals surface area contributed by atoms with Crippen molar-refractivity contribution in [1.29, 1.82) is 0 Å². The zero-order chi connectivity index (χ0) is 52.7. The molecular formula is C69H137NO3. The average Bonchev–Trinajstić information content (AvgIpc) is 3.40. The van der Waals surface area contributed by atoms with Crippen molar-refractivity contribution < 1.29 is 15.0 Å². The van der Waals surface area contributed by atoms with Crippen LogP contribution in [0.15, 0.2) is 12.2 Å². The first-order chi connectivity index (χ1) is 36.2. The molecular weight excluding hydrogens is 891 g/mol. The third-order valence-electron chi connectivity index (χ3n) is 16.5. The van der Waals surface area contributed by atoms with Gasteiger partial charge in [-0.2, -0.15) is 0 Å². The molecule has 0 rings (SSSR count). The van der Waals surface area contributed by atoms with E-state index >= 15 is 0 Å². The largest absolute Gasteiger partial charge is 0.394 e. The Hall–Kier alpha value is -0.870. The highest BCUT2D eigenvalue weighted by Crippen LogP contribution is 2.19. The van der Waals surface area contributed by atoms with Gasteiger partial charge in [-0.05, 0) is 38.5 Å². The van der Waals surface area contributed by atoms with Crippen molar-refractivity contribution in [3.8, 4) is 0 Å². The van der Waals surface area contributed by atoms with Crippen molar-refractivity contribution in [2.24, 2.45) is 0 Å². The van der Waals surface area contributed by atoms with E-state index in [1.807, 2.05) is 0 Å². The zero-order valence-corrected chi connectivity index (χ0v) is 50.5. The normalized spacial score (nSPS) is 12.7. The van der Waals surface area contributed by atoms with Gasteiger partial charge in [-0.1, -0.05) is 373 Å². The molecule has 0 saturated heterocycles. The van der Waals surface area contributed by atoms with Crippen LogP contribution >= 0.6 is 0 Å². The predicted molar refractivity (Wildman–Crippen MR) is 327 cm³/mol. The fourth-order valence-electron chi connectivity index (χ4n) is 11.3. The summed E-state index contributed by atoms with van der Waals surface area (Å²) >= 11 is 0. The standard InChI is InChI=1S/C69H137NO3/c1-3-5-7-9-11-13-15-17-19-21-23-25-27-29-31-33-35-37-39-41-43-45-47-49-51-53-55-57-59-61-63-65-69(73)70-67(66-71)68(72)64-62-60-58-56-54-52-50-48-46-44-42-40-38-36-34-32-30-28-26-24-22-20-18-16-14-12-10-8-6-4-2/h21,23,67-68,71-72H,3-20,22,24-66H2,1-2H3,(H,70,73)/b23-21-. The van der Waals surface area contributed by atoms with E-state index in [1.54, 1.807) is 0 Å². The second-order valence-corrected chi connectivity index (χ2v) is 24.0. The minimum atomic E-state index is -0.658. The number of carbonyl (C=O) groups is 1. The van der Waals surface area contributed by atoms with Gasteiger partial charge in [0.2, 0.25) is 5.91 Å². The molecule has 4 heteroatoms. The van der Waals surface area contributed by atoms with Gasteiger partial charge in [0.15, 0.2) is 0 Å². The first kappa shape index (κ1) is 72.1. The molecule has 0 spiro atoms. The topological polar surface area (TPSA) is 69.6 Å². The van der Waals surface area contributed by atoms with Crippen molar-refractivity contribution in [3.63, 3.8) is 0 Å². The summed E-state index contributed by atoms with van der Waals surface area (Å²) in [5.41, 5.74) is 0. The van der Waals surface area contributed by atoms with E-state index in [-0.39, 0.29) is 12.5 Å². The Labute approximate surface area is 460 Å². The molecule has 0 saturated carbocycles. The number of carbonyl (C=O) groups excluding carboxylic acids is 1. The fraction of sp³-hybridized carbons (Fsp3) is 0.957. The molecule has 3 N–H and O–H groups in total. The Morgan fingerprint density at radius 3 is 0.753 bits per heavy atom. The number of hydrogen-bond acceptors (Lipinski definition) is 3. The highest BCUT2D eigenvalue weighted by molar-refractivity contribution is 5.76. The van der Waals surface area contributed by atoms with Crippen LogP contribution in [0.3, 0.4) is 0 Å². The number of rotatable bonds is 65. The van der Waals surface area contributed by atoms with Gasteiger partial charge in [0.1, 0.15) is 0 Å². The molecule has 0 fully saturated rings. The number of allylic oxidation sites excluding steroid dienone is 2. The lowest BCUT2D eigenvalue weighted by Gasteiger charge is -2.22. The second-order valence-electron chi connectivity index (χ2n) is 24.0. The van der Waals surface area contributed by atoms with Crippen molar-refractivity contribution in [1.82, 2.24) is 5.32 Å². The van der Waals surface area contributed by atoms with Crippen LogP contribution < -0.4 is 5.32 Å². The summed E-state index contributed by atoms with van der Waals surface area (Å²) < 4.78 is 0. The lowest BCUT2D eigenvalue weighted by atomic mass is 10.0. The summed E-state index contributed by atoms with van der Waals surface area (Å²) in [6.45, 7) is 4.41. The van der Waals surface area contributed by atoms with Crippen LogP contribution in [0.5, 0.6) is 0 Å². The Bertz CT molecular complexity index is 1030. The van der Waals surface area contributed by atoms with Gasteiger partial charge in [0.25, 0.3) is 0 Å². The van der Waals surface area contributed by atoms with E-state index in [4.69, 9.17) is 0 Å². The number of nitrogens with one attached hydrogen (secondary N) is 1. The lowest BCUT2D eigenvalue weighted by Crippen LogP contribution is -2.45. The third kappa shape index (κ3) is 61.9. The molecule has 0 aromatic carbocycles. The quantitative estimate of drug-likeness (QED) is 0.0420. The van der Waals surface area contributed by atoms with E-state index in [1.165, 1.54) is 353 Å². The molecule has 0 aliphatic heterocycles. The van der Waals surface area contributed by atoms with Crippen LogP contribution in [0.2, 0.25) is 0 Å². The SMILES string of the molecule is CCCCCCCCCC/C=C\CCCCCCCCCCCCCCCCCCCCCC(=O)NC(CO)C(O)CCCCCCCCCCCCCCCCCCCCCCCCCCCCCCCC. The molecule has 0 radical (unpaired) electrons. The zero-order valence-electron chi connectivity index (χ0n) is 50.5. The van der Waals surface area contributed by atoms with E-state index in [0.717, 1.165) is 25.7 Å². The molecule has 0 aliphatic carbocycles. The number of hydrogen-bond donors (Lipinski definition) is 3. The summed E-state index contributed by atoms with van der Waals surface area (Å²) in [6, 6.07) is -0.534. The van der Waals surface area contributed by atoms with Crippen molar-refractivity contribution in [2.45, 2.75) is 418 Å². The van der Waals surface area contributed by atoms with Crippen LogP contribution in [0, 0.1) is 0 Å². The highest BCUT2D eigenvalue weighted by Gasteiger charge is 2.20. The second kappa shape index (κ2) is 65.4. The molecule has 1 amide bonds. The summed E-state index contributed by atoms with van der Waals surface area (Å²) in [7, 11) is 0. The first-order valence-electron chi connectivity index (χ1n) is 34.4.